The minimum Gasteiger partial charge on any atom is -0.550 e. The van der Waals surface area contributed by atoms with E-state index in [9.17, 15) is 19.8 Å². The number of aliphatic carboxylic acids is 1. The highest BCUT2D eigenvalue weighted by Crippen LogP contribution is 2.10. The SMILES string of the molecule is C/C=C/C/C=C/CCCC(O)CC(=O)OC(CC(=O)[O-])C[N+](C)(C)C. The average molecular weight is 355 g/mol. The molecule has 0 aliphatic carbocycles. The molecule has 0 aromatic carbocycles. The van der Waals surface area contributed by atoms with Gasteiger partial charge in [0.15, 0.2) is 6.10 Å². The summed E-state index contributed by atoms with van der Waals surface area (Å²) in [6, 6.07) is 0. The van der Waals surface area contributed by atoms with Crippen molar-refractivity contribution in [1.29, 1.82) is 0 Å². The smallest absolute Gasteiger partial charge is 0.308 e. The van der Waals surface area contributed by atoms with Gasteiger partial charge in [0.2, 0.25) is 0 Å². The molecule has 0 aromatic rings. The number of nitrogens with zero attached hydrogens (tertiary/aromatic N) is 1. The van der Waals surface area contributed by atoms with Gasteiger partial charge in [0, 0.05) is 12.4 Å². The number of likely N-dealkylation sites (N-methyl/N-ethyl adjacent to an activating group) is 1. The lowest BCUT2D eigenvalue weighted by Gasteiger charge is -2.29. The quantitative estimate of drug-likeness (QED) is 0.232. The van der Waals surface area contributed by atoms with Crippen molar-refractivity contribution in [3.63, 3.8) is 0 Å². The number of hydrogen-bond acceptors (Lipinski definition) is 5. The molecule has 0 aliphatic rings. The molecule has 2 atom stereocenters. The number of ether oxygens (including phenoxy) is 1. The lowest BCUT2D eigenvalue weighted by molar-refractivity contribution is -0.873. The van der Waals surface area contributed by atoms with Crippen LogP contribution in [-0.4, -0.2) is 61.4 Å². The first kappa shape index (κ1) is 23.3. The highest BCUT2D eigenvalue weighted by Gasteiger charge is 2.23. The summed E-state index contributed by atoms with van der Waals surface area (Å²) >= 11 is 0. The summed E-state index contributed by atoms with van der Waals surface area (Å²) in [7, 11) is 5.65. The number of allylic oxidation sites excluding steroid dienone is 4. The van der Waals surface area contributed by atoms with Crippen molar-refractivity contribution >= 4 is 11.9 Å². The van der Waals surface area contributed by atoms with Crippen LogP contribution in [0.2, 0.25) is 0 Å². The van der Waals surface area contributed by atoms with Crippen molar-refractivity contribution in [2.75, 3.05) is 27.7 Å². The lowest BCUT2D eigenvalue weighted by atomic mass is 10.1. The molecule has 2 unspecified atom stereocenters. The topological polar surface area (TPSA) is 86.7 Å². The van der Waals surface area contributed by atoms with Gasteiger partial charge >= 0.3 is 5.97 Å². The summed E-state index contributed by atoms with van der Waals surface area (Å²) in [5.41, 5.74) is 0. The molecule has 0 heterocycles. The molecule has 0 fully saturated rings. The lowest BCUT2D eigenvalue weighted by Crippen LogP contribution is -2.45. The summed E-state index contributed by atoms with van der Waals surface area (Å²) < 4.78 is 5.69. The van der Waals surface area contributed by atoms with Crippen molar-refractivity contribution < 1.29 is 29.0 Å². The third-order valence-corrected chi connectivity index (χ3v) is 3.43. The molecular formula is C19H33NO5. The third kappa shape index (κ3) is 15.6. The van der Waals surface area contributed by atoms with Crippen LogP contribution in [0.25, 0.3) is 0 Å². The zero-order valence-corrected chi connectivity index (χ0v) is 15.9. The minimum absolute atomic E-state index is 0.122. The molecule has 144 valence electrons. The van der Waals surface area contributed by atoms with Gasteiger partial charge in [-0.05, 0) is 32.6 Å². The predicted octanol–water partition coefficient (Wildman–Crippen LogP) is 1.19. The Kier molecular flexibility index (Phi) is 11.8. The highest BCUT2D eigenvalue weighted by molar-refractivity contribution is 5.71. The van der Waals surface area contributed by atoms with E-state index >= 15 is 0 Å². The maximum Gasteiger partial charge on any atom is 0.308 e. The van der Waals surface area contributed by atoms with Gasteiger partial charge in [-0.1, -0.05) is 24.3 Å². The average Bonchev–Trinajstić information content (AvgIpc) is 2.43. The molecule has 6 heteroatoms. The Morgan fingerprint density at radius 1 is 1.16 bits per heavy atom. The molecule has 0 rings (SSSR count). The fourth-order valence-electron chi connectivity index (χ4n) is 2.37. The highest BCUT2D eigenvalue weighted by atomic mass is 16.5. The number of rotatable bonds is 13. The molecule has 0 radical (unpaired) electrons. The van der Waals surface area contributed by atoms with Crippen LogP contribution in [0.5, 0.6) is 0 Å². The van der Waals surface area contributed by atoms with Crippen LogP contribution < -0.4 is 5.11 Å². The molecular weight excluding hydrogens is 322 g/mol. The number of carboxylic acid groups (broad SMARTS) is 1. The second kappa shape index (κ2) is 12.7. The first-order chi connectivity index (χ1) is 11.6. The van der Waals surface area contributed by atoms with Gasteiger partial charge in [-0.25, -0.2) is 0 Å². The Morgan fingerprint density at radius 2 is 1.84 bits per heavy atom. The maximum atomic E-state index is 11.9. The fraction of sp³-hybridized carbons (Fsp3) is 0.684. The van der Waals surface area contributed by atoms with Gasteiger partial charge in [-0.15, -0.1) is 0 Å². The normalized spacial score (nSPS) is 14.8. The Labute approximate surface area is 151 Å². The Morgan fingerprint density at radius 3 is 2.40 bits per heavy atom. The Hall–Kier alpha value is -1.66. The van der Waals surface area contributed by atoms with E-state index in [2.05, 4.69) is 18.2 Å². The standard InChI is InChI=1S/C19H33NO5/c1-5-6-7-8-9-10-11-12-16(21)13-19(24)25-17(14-18(22)23)15-20(2,3)4/h5-6,8-9,16-17,21H,7,10-15H2,1-4H3/b6-5+,9-8+. The van der Waals surface area contributed by atoms with E-state index in [0.29, 0.717) is 17.4 Å². The molecule has 0 bridgehead atoms. The van der Waals surface area contributed by atoms with Crippen LogP contribution in [0.4, 0.5) is 0 Å². The Bertz CT molecular complexity index is 451. The van der Waals surface area contributed by atoms with Gasteiger partial charge in [0.25, 0.3) is 0 Å². The van der Waals surface area contributed by atoms with Crippen LogP contribution in [-0.2, 0) is 14.3 Å². The van der Waals surface area contributed by atoms with E-state index < -0.39 is 24.1 Å². The van der Waals surface area contributed by atoms with Crippen LogP contribution in [0, 0.1) is 0 Å². The summed E-state index contributed by atoms with van der Waals surface area (Å²) in [5, 5.41) is 20.7. The molecule has 0 aromatic heterocycles. The number of unbranched alkanes of at least 4 members (excludes halogenated alkanes) is 1. The second-order valence-electron chi connectivity index (χ2n) is 7.23. The predicted molar refractivity (Wildman–Crippen MR) is 95.4 cm³/mol. The summed E-state index contributed by atoms with van der Waals surface area (Å²) in [6.07, 6.45) is 9.22. The summed E-state index contributed by atoms with van der Waals surface area (Å²) in [5.74, 6) is -1.83. The molecule has 0 amide bonds. The van der Waals surface area contributed by atoms with Crippen molar-refractivity contribution in [2.24, 2.45) is 0 Å². The van der Waals surface area contributed by atoms with Crippen molar-refractivity contribution in [3.05, 3.63) is 24.3 Å². The van der Waals surface area contributed by atoms with Gasteiger partial charge in [-0.2, -0.15) is 0 Å². The third-order valence-electron chi connectivity index (χ3n) is 3.43. The fourth-order valence-corrected chi connectivity index (χ4v) is 2.37. The van der Waals surface area contributed by atoms with E-state index in [0.717, 1.165) is 19.3 Å². The molecule has 1 N–H and O–H groups in total. The number of carbonyl (C=O) groups is 2. The molecule has 6 nitrogen and oxygen atoms in total. The van der Waals surface area contributed by atoms with E-state index in [-0.39, 0.29) is 12.8 Å². The minimum atomic E-state index is -1.25. The number of hydrogen-bond donors (Lipinski definition) is 1. The first-order valence-electron chi connectivity index (χ1n) is 8.78. The van der Waals surface area contributed by atoms with Gasteiger partial charge in [-0.3, -0.25) is 4.79 Å². The van der Waals surface area contributed by atoms with Gasteiger partial charge in [0.1, 0.15) is 6.54 Å². The molecule has 0 aliphatic heterocycles. The van der Waals surface area contributed by atoms with Crippen molar-refractivity contribution in [2.45, 2.75) is 57.7 Å². The monoisotopic (exact) mass is 355 g/mol. The number of esters is 1. The molecule has 25 heavy (non-hydrogen) atoms. The second-order valence-corrected chi connectivity index (χ2v) is 7.23. The van der Waals surface area contributed by atoms with E-state index in [1.807, 2.05) is 34.1 Å². The van der Waals surface area contributed by atoms with Crippen LogP contribution in [0.15, 0.2) is 24.3 Å². The number of carbonyl (C=O) groups excluding carboxylic acids is 2. The summed E-state index contributed by atoms with van der Waals surface area (Å²) in [6.45, 7) is 2.34. The molecule has 0 saturated heterocycles. The number of quaternary nitrogens is 1. The Balaban J connectivity index is 4.18. The van der Waals surface area contributed by atoms with E-state index in [1.165, 1.54) is 0 Å². The van der Waals surface area contributed by atoms with Crippen molar-refractivity contribution in [1.82, 2.24) is 0 Å². The van der Waals surface area contributed by atoms with Gasteiger partial charge in [0.05, 0.1) is 33.7 Å². The number of aliphatic hydroxyl groups excluding tert-OH is 1. The van der Waals surface area contributed by atoms with Gasteiger partial charge < -0.3 is 24.2 Å². The maximum absolute atomic E-state index is 11.9. The zero-order chi connectivity index (χ0) is 19.3. The number of aliphatic hydroxyl groups is 1. The first-order valence-corrected chi connectivity index (χ1v) is 8.78. The largest absolute Gasteiger partial charge is 0.550 e. The van der Waals surface area contributed by atoms with E-state index in [4.69, 9.17) is 4.74 Å². The van der Waals surface area contributed by atoms with E-state index in [1.54, 1.807) is 0 Å². The van der Waals surface area contributed by atoms with Crippen LogP contribution in [0.3, 0.4) is 0 Å². The van der Waals surface area contributed by atoms with Crippen molar-refractivity contribution in [3.8, 4) is 0 Å². The molecule has 0 spiro atoms. The zero-order valence-electron chi connectivity index (χ0n) is 15.9. The van der Waals surface area contributed by atoms with Crippen LogP contribution >= 0.6 is 0 Å². The van der Waals surface area contributed by atoms with Crippen LogP contribution in [0.1, 0.15) is 45.4 Å². The number of carboxylic acids is 1. The molecule has 0 saturated carbocycles. The summed E-state index contributed by atoms with van der Waals surface area (Å²) in [4.78, 5) is 22.7.